The summed E-state index contributed by atoms with van der Waals surface area (Å²) in [7, 11) is -4.80. The minimum Gasteiger partial charge on any atom is -0.478 e. The Labute approximate surface area is 175 Å². The Bertz CT molecular complexity index is 1000. The summed E-state index contributed by atoms with van der Waals surface area (Å²) in [6.07, 6.45) is 0. The lowest BCUT2D eigenvalue weighted by Crippen LogP contribution is -2.73. The van der Waals surface area contributed by atoms with Crippen LogP contribution in [-0.2, 0) is 29.5 Å². The van der Waals surface area contributed by atoms with Gasteiger partial charge in [0, 0.05) is 5.38 Å². The van der Waals surface area contributed by atoms with Crippen LogP contribution in [0.5, 0.6) is 0 Å². The molecule has 1 saturated heterocycles. The fourth-order valence-corrected chi connectivity index (χ4v) is 4.12. The highest BCUT2D eigenvalue weighted by Crippen LogP contribution is 2.29. The maximum Gasteiger partial charge on any atom is 0.362 e. The Morgan fingerprint density at radius 2 is 2.03 bits per heavy atom. The van der Waals surface area contributed by atoms with E-state index >= 15 is 0 Å². The minimum atomic E-state index is -4.80. The van der Waals surface area contributed by atoms with Crippen molar-refractivity contribution >= 4 is 50.3 Å². The summed E-state index contributed by atoms with van der Waals surface area (Å²) in [5.74, 6) is -3.79. The molecular formula is C15H21N5O8S2. The molecule has 2 heterocycles. The smallest absolute Gasteiger partial charge is 0.362 e. The third-order valence-electron chi connectivity index (χ3n) is 4.17. The van der Waals surface area contributed by atoms with Crippen molar-refractivity contribution in [1.82, 2.24) is 14.6 Å². The molecule has 0 saturated carbocycles. The molecule has 0 bridgehead atoms. The predicted molar refractivity (Wildman–Crippen MR) is 105 cm³/mol. The molecule has 2 atom stereocenters. The van der Waals surface area contributed by atoms with E-state index in [4.69, 9.17) is 15.7 Å². The zero-order chi connectivity index (χ0) is 23.0. The van der Waals surface area contributed by atoms with Crippen LogP contribution in [0, 0.1) is 5.92 Å². The molecule has 2 amide bonds. The normalized spacial score (nSPS) is 20.1. The molecule has 2 rings (SSSR count). The Morgan fingerprint density at radius 1 is 1.43 bits per heavy atom. The Hall–Kier alpha value is -2.78. The molecule has 0 radical (unpaired) electrons. The second-order valence-corrected chi connectivity index (χ2v) is 9.39. The molecule has 1 aliphatic rings. The van der Waals surface area contributed by atoms with E-state index in [9.17, 15) is 27.4 Å². The van der Waals surface area contributed by atoms with E-state index in [0.29, 0.717) is 0 Å². The van der Waals surface area contributed by atoms with Crippen molar-refractivity contribution in [1.29, 1.82) is 0 Å². The topological polar surface area (TPSA) is 202 Å². The molecule has 5 N–H and O–H groups in total. The number of hydrogen-bond acceptors (Lipinski definition) is 10. The average molecular weight is 463 g/mol. The Balaban J connectivity index is 2.33. The van der Waals surface area contributed by atoms with Gasteiger partial charge < -0.3 is 21.0 Å². The van der Waals surface area contributed by atoms with E-state index in [0.717, 1.165) is 11.3 Å². The van der Waals surface area contributed by atoms with Crippen LogP contribution in [-0.4, -0.2) is 68.5 Å². The molecule has 13 nitrogen and oxygen atoms in total. The largest absolute Gasteiger partial charge is 0.478 e. The number of oxime groups is 1. The first-order valence-corrected chi connectivity index (χ1v) is 10.8. The number of nitrogens with zero attached hydrogens (tertiary/aromatic N) is 3. The van der Waals surface area contributed by atoms with Crippen LogP contribution < -0.4 is 11.1 Å². The highest BCUT2D eigenvalue weighted by Gasteiger charge is 2.55. The lowest BCUT2D eigenvalue weighted by Gasteiger charge is -2.46. The van der Waals surface area contributed by atoms with Crippen molar-refractivity contribution in [3.63, 3.8) is 0 Å². The van der Waals surface area contributed by atoms with E-state index in [1.807, 2.05) is 0 Å². The molecule has 1 aromatic heterocycles. The average Bonchev–Trinajstić information content (AvgIpc) is 3.01. The summed E-state index contributed by atoms with van der Waals surface area (Å²) >= 11 is 0.985. The molecule has 1 aromatic rings. The van der Waals surface area contributed by atoms with Crippen LogP contribution >= 0.6 is 11.3 Å². The van der Waals surface area contributed by atoms with E-state index in [2.05, 4.69) is 15.5 Å². The third kappa shape index (κ3) is 4.68. The minimum absolute atomic E-state index is 0.0318. The van der Waals surface area contributed by atoms with Crippen molar-refractivity contribution < 1.29 is 37.3 Å². The summed E-state index contributed by atoms with van der Waals surface area (Å²) in [5.41, 5.74) is 3.30. The number of aromatic nitrogens is 1. The number of carboxylic acids is 1. The molecule has 166 valence electrons. The number of β-lactam (4-membered cyclic amide) rings is 1. The summed E-state index contributed by atoms with van der Waals surface area (Å²) in [4.78, 5) is 45.1. The maximum absolute atomic E-state index is 12.8. The van der Waals surface area contributed by atoms with Gasteiger partial charge in [-0.25, -0.2) is 14.1 Å². The van der Waals surface area contributed by atoms with Gasteiger partial charge in [0.2, 0.25) is 5.60 Å². The number of anilines is 1. The number of rotatable bonds is 8. The molecular weight excluding hydrogens is 442 g/mol. The van der Waals surface area contributed by atoms with Crippen molar-refractivity contribution in [2.24, 2.45) is 11.1 Å². The quantitative estimate of drug-likeness (QED) is 0.168. The number of nitrogens with two attached hydrogens (primary N) is 1. The summed E-state index contributed by atoms with van der Waals surface area (Å²) in [6.45, 7) is 5.61. The monoisotopic (exact) mass is 463 g/mol. The number of thiazole rings is 1. The maximum atomic E-state index is 12.8. The number of carboxylic acid groups (broad SMARTS) is 1. The Morgan fingerprint density at radius 3 is 2.47 bits per heavy atom. The summed E-state index contributed by atoms with van der Waals surface area (Å²) in [5, 5.41) is 16.5. The lowest BCUT2D eigenvalue weighted by molar-refractivity contribution is -0.161. The zero-order valence-electron chi connectivity index (χ0n) is 16.4. The van der Waals surface area contributed by atoms with E-state index in [-0.39, 0.29) is 15.1 Å². The van der Waals surface area contributed by atoms with Crippen LogP contribution in [0.1, 0.15) is 33.4 Å². The number of carbonyl (C=O) groups excluding carboxylic acids is 2. The second kappa shape index (κ2) is 8.16. The molecule has 0 aliphatic carbocycles. The van der Waals surface area contributed by atoms with Crippen molar-refractivity contribution in [3.8, 4) is 0 Å². The summed E-state index contributed by atoms with van der Waals surface area (Å²) < 4.78 is 32.4. The lowest BCUT2D eigenvalue weighted by atomic mass is 9.88. The van der Waals surface area contributed by atoms with Gasteiger partial charge in [-0.05, 0) is 19.8 Å². The molecule has 0 aromatic carbocycles. The predicted octanol–water partition coefficient (Wildman–Crippen LogP) is -0.536. The van der Waals surface area contributed by atoms with E-state index in [1.165, 1.54) is 19.2 Å². The first-order valence-electron chi connectivity index (χ1n) is 8.49. The van der Waals surface area contributed by atoms with Crippen molar-refractivity contribution in [3.05, 3.63) is 11.1 Å². The molecule has 15 heteroatoms. The first kappa shape index (κ1) is 23.5. The molecule has 1 aliphatic heterocycles. The first-order chi connectivity index (χ1) is 13.7. The molecule has 1 fully saturated rings. The van der Waals surface area contributed by atoms with Crippen LogP contribution in [0.4, 0.5) is 5.13 Å². The van der Waals surface area contributed by atoms with Crippen LogP contribution in [0.2, 0.25) is 0 Å². The standard InChI is InChI=1S/C15H21N5O8S2/c1-6(2)10-9(12(22)20(10)30(25,26)27)18-11(21)8(7-5-29-14(16)17-7)19-28-15(3,4)13(23)24/h5-6,9-10H,1-4H3,(H2,16,17)(H,18,21)(H,23,24)(H,25,26,27). The van der Waals surface area contributed by atoms with E-state index in [1.54, 1.807) is 13.8 Å². The van der Waals surface area contributed by atoms with Gasteiger partial charge in [0.15, 0.2) is 10.8 Å². The fourth-order valence-electron chi connectivity index (χ4n) is 2.56. The van der Waals surface area contributed by atoms with Crippen molar-refractivity contribution in [2.45, 2.75) is 45.4 Å². The van der Waals surface area contributed by atoms with E-state index < -0.39 is 57.4 Å². The van der Waals surface area contributed by atoms with Crippen LogP contribution in [0.3, 0.4) is 0 Å². The number of nitrogen functional groups attached to an aromatic ring is 1. The number of aliphatic carboxylic acids is 1. The number of nitrogens with one attached hydrogen (secondary N) is 1. The number of amides is 2. The number of carbonyl (C=O) groups is 3. The van der Waals surface area contributed by atoms with Crippen LogP contribution in [0.25, 0.3) is 0 Å². The fraction of sp³-hybridized carbons (Fsp3) is 0.533. The molecule has 30 heavy (non-hydrogen) atoms. The SMILES string of the molecule is CC(C)C1C(NC(=O)C(=NOC(C)(C)C(=O)O)c2csc(N)n2)C(=O)N1S(=O)(=O)O. The van der Waals surface area contributed by atoms with Gasteiger partial charge in [-0.1, -0.05) is 19.0 Å². The Kier molecular flexibility index (Phi) is 6.39. The van der Waals surface area contributed by atoms with Gasteiger partial charge in [0.1, 0.15) is 11.7 Å². The number of hydrogen-bond donors (Lipinski definition) is 4. The molecule has 2 unspecified atom stereocenters. The van der Waals surface area contributed by atoms with Gasteiger partial charge in [0.05, 0.1) is 6.04 Å². The highest BCUT2D eigenvalue weighted by atomic mass is 32.2. The second-order valence-electron chi connectivity index (χ2n) is 7.22. The van der Waals surface area contributed by atoms with Gasteiger partial charge in [-0.2, -0.15) is 8.42 Å². The highest BCUT2D eigenvalue weighted by molar-refractivity contribution is 7.84. The van der Waals surface area contributed by atoms with Crippen LogP contribution in [0.15, 0.2) is 10.5 Å². The molecule has 0 spiro atoms. The van der Waals surface area contributed by atoms with Gasteiger partial charge in [-0.3, -0.25) is 14.1 Å². The van der Waals surface area contributed by atoms with Gasteiger partial charge in [0.25, 0.3) is 11.8 Å². The third-order valence-corrected chi connectivity index (χ3v) is 5.77. The van der Waals surface area contributed by atoms with Gasteiger partial charge >= 0.3 is 16.3 Å². The summed E-state index contributed by atoms with van der Waals surface area (Å²) in [6, 6.07) is -2.30. The zero-order valence-corrected chi connectivity index (χ0v) is 18.0. The van der Waals surface area contributed by atoms with Gasteiger partial charge in [-0.15, -0.1) is 11.3 Å². The van der Waals surface area contributed by atoms with Crippen molar-refractivity contribution in [2.75, 3.05) is 5.73 Å².